The van der Waals surface area contributed by atoms with Gasteiger partial charge < -0.3 is 15.0 Å². The van der Waals surface area contributed by atoms with Crippen molar-refractivity contribution in [2.24, 2.45) is 0 Å². The first kappa shape index (κ1) is 19.3. The van der Waals surface area contributed by atoms with E-state index >= 15 is 0 Å². The second-order valence-electron chi connectivity index (χ2n) is 6.30. The molecule has 0 atom stereocenters. The summed E-state index contributed by atoms with van der Waals surface area (Å²) < 4.78 is 5.31. The molecule has 7 nitrogen and oxygen atoms in total. The Kier molecular flexibility index (Phi) is 6.51. The molecule has 3 rings (SSSR count). The molecular formula is C21H22N4O3. The summed E-state index contributed by atoms with van der Waals surface area (Å²) in [5.74, 6) is 1.04. The summed E-state index contributed by atoms with van der Waals surface area (Å²) in [6.45, 7) is 0.458. The van der Waals surface area contributed by atoms with Crippen molar-refractivity contribution in [3.63, 3.8) is 0 Å². The van der Waals surface area contributed by atoms with Crippen LogP contribution in [0.3, 0.4) is 0 Å². The van der Waals surface area contributed by atoms with Crippen LogP contribution in [0, 0.1) is 0 Å². The molecule has 1 aromatic heterocycles. The third-order valence-corrected chi connectivity index (χ3v) is 4.28. The molecule has 0 aliphatic rings. The monoisotopic (exact) mass is 378 g/mol. The van der Waals surface area contributed by atoms with Crippen LogP contribution in [0.2, 0.25) is 0 Å². The zero-order valence-corrected chi connectivity index (χ0v) is 15.6. The fourth-order valence-corrected chi connectivity index (χ4v) is 2.78. The van der Waals surface area contributed by atoms with Gasteiger partial charge in [-0.3, -0.25) is 9.59 Å². The molecule has 0 saturated heterocycles. The molecule has 28 heavy (non-hydrogen) atoms. The number of ether oxygens (including phenoxy) is 1. The lowest BCUT2D eigenvalue weighted by Gasteiger charge is -2.07. The van der Waals surface area contributed by atoms with Crippen LogP contribution in [-0.2, 0) is 24.2 Å². The van der Waals surface area contributed by atoms with Gasteiger partial charge in [-0.2, -0.15) is 0 Å². The Labute approximate surface area is 162 Å². The predicted octanol–water partition coefficient (Wildman–Crippen LogP) is 2.01. The van der Waals surface area contributed by atoms with Gasteiger partial charge in [0.15, 0.2) is 0 Å². The number of nitrogens with zero attached hydrogens (tertiary/aromatic N) is 2. The van der Waals surface area contributed by atoms with Gasteiger partial charge in [0, 0.05) is 31.4 Å². The van der Waals surface area contributed by atoms with E-state index in [4.69, 9.17) is 4.74 Å². The number of amides is 1. The average molecular weight is 378 g/mol. The van der Waals surface area contributed by atoms with Gasteiger partial charge in [0.2, 0.25) is 5.91 Å². The van der Waals surface area contributed by atoms with E-state index in [0.29, 0.717) is 18.8 Å². The lowest BCUT2D eigenvalue weighted by molar-refractivity contribution is -0.121. The lowest BCUT2D eigenvalue weighted by atomic mass is 10.1. The summed E-state index contributed by atoms with van der Waals surface area (Å²) in [5, 5.41) is 10.9. The zero-order chi connectivity index (χ0) is 19.8. The summed E-state index contributed by atoms with van der Waals surface area (Å²) in [7, 11) is 1.60. The van der Waals surface area contributed by atoms with Crippen molar-refractivity contribution in [2.45, 2.75) is 25.8 Å². The van der Waals surface area contributed by atoms with Crippen LogP contribution in [0.4, 0.5) is 0 Å². The van der Waals surface area contributed by atoms with E-state index in [9.17, 15) is 9.59 Å². The third kappa shape index (κ3) is 5.26. The van der Waals surface area contributed by atoms with Crippen LogP contribution >= 0.6 is 0 Å². The Morgan fingerprint density at radius 3 is 2.57 bits per heavy atom. The fourth-order valence-electron chi connectivity index (χ4n) is 2.78. The van der Waals surface area contributed by atoms with E-state index in [-0.39, 0.29) is 30.0 Å². The molecule has 0 radical (unpaired) electrons. The van der Waals surface area contributed by atoms with E-state index < -0.39 is 0 Å². The van der Waals surface area contributed by atoms with Crippen LogP contribution in [0.15, 0.2) is 59.4 Å². The third-order valence-electron chi connectivity index (χ3n) is 4.28. The number of hydrogen-bond acceptors (Lipinski definition) is 5. The van der Waals surface area contributed by atoms with Crippen molar-refractivity contribution < 1.29 is 9.53 Å². The number of carbonyl (C=O) groups excluding carboxylic acids is 1. The van der Waals surface area contributed by atoms with E-state index in [1.165, 1.54) is 0 Å². The average Bonchev–Trinajstić information content (AvgIpc) is 2.73. The quantitative estimate of drug-likeness (QED) is 0.625. The van der Waals surface area contributed by atoms with E-state index in [1.54, 1.807) is 7.11 Å². The molecule has 3 aromatic rings. The number of aryl methyl sites for hydroxylation is 1. The molecule has 0 aliphatic heterocycles. The number of para-hydroxylation sites is 1. The number of carbonyl (C=O) groups is 1. The maximum absolute atomic E-state index is 12.3. The first-order valence-corrected chi connectivity index (χ1v) is 9.03. The summed E-state index contributed by atoms with van der Waals surface area (Å²) in [6, 6.07) is 17.2. The van der Waals surface area contributed by atoms with Crippen molar-refractivity contribution in [1.82, 2.24) is 20.5 Å². The van der Waals surface area contributed by atoms with Gasteiger partial charge in [0.25, 0.3) is 5.56 Å². The van der Waals surface area contributed by atoms with Gasteiger partial charge >= 0.3 is 0 Å². The number of rotatable bonds is 8. The molecule has 2 aromatic carbocycles. The normalized spacial score (nSPS) is 10.5. The highest BCUT2D eigenvalue weighted by Crippen LogP contribution is 2.19. The molecule has 0 bridgehead atoms. The lowest BCUT2D eigenvalue weighted by Crippen LogP contribution is -2.25. The molecule has 1 amide bonds. The summed E-state index contributed by atoms with van der Waals surface area (Å²) in [5.41, 5.74) is 1.85. The first-order valence-electron chi connectivity index (χ1n) is 9.03. The van der Waals surface area contributed by atoms with Crippen LogP contribution in [-0.4, -0.2) is 28.2 Å². The second-order valence-corrected chi connectivity index (χ2v) is 6.30. The molecule has 7 heteroatoms. The Balaban J connectivity index is 1.55. The number of benzene rings is 2. The minimum atomic E-state index is -0.323. The fraction of sp³-hybridized carbons (Fsp3) is 0.238. The smallest absolute Gasteiger partial charge is 0.272 e. The van der Waals surface area contributed by atoms with Gasteiger partial charge in [-0.05, 0) is 11.6 Å². The SMILES string of the molecule is COc1ccccc1Cc1nnc(CCC(=O)NCc2ccccc2)c(=O)[nH]1. The Morgan fingerprint density at radius 1 is 1.07 bits per heavy atom. The highest BCUT2D eigenvalue weighted by Gasteiger charge is 2.10. The summed E-state index contributed by atoms with van der Waals surface area (Å²) >= 11 is 0. The predicted molar refractivity (Wildman–Crippen MR) is 105 cm³/mol. The van der Waals surface area contributed by atoms with Crippen molar-refractivity contribution in [3.8, 4) is 5.75 Å². The largest absolute Gasteiger partial charge is 0.496 e. The van der Waals surface area contributed by atoms with Crippen LogP contribution < -0.4 is 15.6 Å². The van der Waals surface area contributed by atoms with Gasteiger partial charge in [-0.1, -0.05) is 48.5 Å². The number of hydrogen-bond donors (Lipinski definition) is 2. The molecule has 0 saturated carbocycles. The number of methoxy groups -OCH3 is 1. The summed E-state index contributed by atoms with van der Waals surface area (Å²) in [4.78, 5) is 27.0. The number of aromatic amines is 1. The van der Waals surface area contributed by atoms with Crippen LogP contribution in [0.5, 0.6) is 5.75 Å². The Hall–Kier alpha value is -3.48. The molecule has 0 aliphatic carbocycles. The highest BCUT2D eigenvalue weighted by molar-refractivity contribution is 5.76. The van der Waals surface area contributed by atoms with E-state index in [0.717, 1.165) is 16.9 Å². The minimum absolute atomic E-state index is 0.136. The highest BCUT2D eigenvalue weighted by atomic mass is 16.5. The maximum atomic E-state index is 12.3. The molecule has 0 fully saturated rings. The first-order chi connectivity index (χ1) is 13.7. The zero-order valence-electron chi connectivity index (χ0n) is 15.6. The van der Waals surface area contributed by atoms with E-state index in [1.807, 2.05) is 54.6 Å². The van der Waals surface area contributed by atoms with Crippen molar-refractivity contribution in [3.05, 3.63) is 87.6 Å². The van der Waals surface area contributed by atoms with Crippen LogP contribution in [0.1, 0.15) is 29.1 Å². The second kappa shape index (κ2) is 9.45. The minimum Gasteiger partial charge on any atom is -0.496 e. The van der Waals surface area contributed by atoms with E-state index in [2.05, 4.69) is 20.5 Å². The molecule has 144 valence electrons. The van der Waals surface area contributed by atoms with Crippen molar-refractivity contribution >= 4 is 5.91 Å². The molecule has 1 heterocycles. The summed E-state index contributed by atoms with van der Waals surface area (Å²) in [6.07, 6.45) is 0.818. The van der Waals surface area contributed by atoms with Gasteiger partial charge in [-0.25, -0.2) is 0 Å². The molecule has 0 spiro atoms. The molecule has 2 N–H and O–H groups in total. The van der Waals surface area contributed by atoms with Crippen LogP contribution in [0.25, 0.3) is 0 Å². The number of nitrogens with one attached hydrogen (secondary N) is 2. The van der Waals surface area contributed by atoms with Crippen molar-refractivity contribution in [1.29, 1.82) is 0 Å². The maximum Gasteiger partial charge on any atom is 0.272 e. The Morgan fingerprint density at radius 2 is 1.82 bits per heavy atom. The molecular weight excluding hydrogens is 356 g/mol. The standard InChI is InChI=1S/C21H22N4O3/c1-28-18-10-6-5-9-16(18)13-19-23-21(27)17(24-25-19)11-12-20(26)22-14-15-7-3-2-4-8-15/h2-10H,11-14H2,1H3,(H,22,26)(H,23,25,27). The topological polar surface area (TPSA) is 97.0 Å². The van der Waals surface area contributed by atoms with Gasteiger partial charge in [0.1, 0.15) is 17.3 Å². The number of aromatic nitrogens is 3. The Bertz CT molecular complexity index is 986. The van der Waals surface area contributed by atoms with Crippen molar-refractivity contribution in [2.75, 3.05) is 7.11 Å². The van der Waals surface area contributed by atoms with Gasteiger partial charge in [-0.15, -0.1) is 10.2 Å². The molecule has 0 unspecified atom stereocenters. The van der Waals surface area contributed by atoms with Gasteiger partial charge in [0.05, 0.1) is 7.11 Å². The number of H-pyrrole nitrogens is 1.